The van der Waals surface area contributed by atoms with Gasteiger partial charge in [0, 0.05) is 6.42 Å². The Bertz CT molecular complexity index is 328. The Morgan fingerprint density at radius 3 is 2.25 bits per heavy atom. The van der Waals surface area contributed by atoms with Crippen LogP contribution in [0.2, 0.25) is 0 Å². The number of carboxylic acid groups (broad SMARTS) is 1. The smallest absolute Gasteiger partial charge is 0.303 e. The van der Waals surface area contributed by atoms with E-state index in [1.165, 1.54) is 5.57 Å². The number of aliphatic carboxylic acids is 1. The maximum absolute atomic E-state index is 10.6. The highest BCUT2D eigenvalue weighted by molar-refractivity contribution is 5.66. The van der Waals surface area contributed by atoms with E-state index < -0.39 is 5.97 Å². The zero-order chi connectivity index (χ0) is 15.5. The van der Waals surface area contributed by atoms with Gasteiger partial charge in [0.2, 0.25) is 0 Å². The molecule has 0 spiro atoms. The largest absolute Gasteiger partial charge is 0.481 e. The van der Waals surface area contributed by atoms with Gasteiger partial charge in [-0.15, -0.1) is 0 Å². The maximum atomic E-state index is 10.6. The second kappa shape index (κ2) is 10.7. The van der Waals surface area contributed by atoms with Crippen molar-refractivity contribution in [2.45, 2.75) is 66.7 Å². The number of rotatable bonds is 10. The Balaban J connectivity index is 3.86. The molecule has 0 aliphatic carbocycles. The molecule has 0 aromatic carbocycles. The van der Waals surface area contributed by atoms with Gasteiger partial charge in [0.25, 0.3) is 0 Å². The average Bonchev–Trinajstić information content (AvgIpc) is 2.35. The third-order valence-electron chi connectivity index (χ3n) is 3.82. The summed E-state index contributed by atoms with van der Waals surface area (Å²) in [7, 11) is 0. The standard InChI is InChI=1S/C18H32O2/c1-6-14(2)12-16(4)9-7-8-15(3)10-11-17(5)13-18(19)20/h6-7,9,15-17H,8,10-13H2,1-5H3,(H,19,20)/b9-7+,14-6+/t15-,16+,17-/m1/s1. The third-order valence-corrected chi connectivity index (χ3v) is 3.82. The van der Waals surface area contributed by atoms with Crippen molar-refractivity contribution >= 4 is 5.97 Å². The Morgan fingerprint density at radius 2 is 1.70 bits per heavy atom. The first-order valence-corrected chi connectivity index (χ1v) is 7.85. The normalized spacial score (nSPS) is 17.1. The van der Waals surface area contributed by atoms with E-state index in [-0.39, 0.29) is 5.92 Å². The van der Waals surface area contributed by atoms with Crippen LogP contribution in [0.15, 0.2) is 23.8 Å². The summed E-state index contributed by atoms with van der Waals surface area (Å²) in [6.45, 7) is 10.8. The number of carbonyl (C=O) groups is 1. The van der Waals surface area contributed by atoms with E-state index in [4.69, 9.17) is 5.11 Å². The molecule has 0 rings (SSSR count). The highest BCUT2D eigenvalue weighted by atomic mass is 16.4. The van der Waals surface area contributed by atoms with Crippen molar-refractivity contribution in [1.82, 2.24) is 0 Å². The molecule has 0 aromatic rings. The molecule has 0 unspecified atom stereocenters. The number of hydrogen-bond acceptors (Lipinski definition) is 1. The SMILES string of the molecule is C/C=C(\C)C[C@@H](C)/C=C/C[C@@H](C)CC[C@@H](C)CC(=O)O. The van der Waals surface area contributed by atoms with Crippen LogP contribution in [0.1, 0.15) is 66.7 Å². The highest BCUT2D eigenvalue weighted by Crippen LogP contribution is 2.19. The van der Waals surface area contributed by atoms with Crippen molar-refractivity contribution in [3.63, 3.8) is 0 Å². The Hall–Kier alpha value is -1.05. The van der Waals surface area contributed by atoms with Gasteiger partial charge in [-0.2, -0.15) is 0 Å². The summed E-state index contributed by atoms with van der Waals surface area (Å²) in [5.74, 6) is 0.843. The van der Waals surface area contributed by atoms with Crippen molar-refractivity contribution in [2.24, 2.45) is 17.8 Å². The summed E-state index contributed by atoms with van der Waals surface area (Å²) < 4.78 is 0. The molecule has 0 radical (unpaired) electrons. The van der Waals surface area contributed by atoms with Crippen LogP contribution >= 0.6 is 0 Å². The van der Waals surface area contributed by atoms with Gasteiger partial charge in [-0.3, -0.25) is 4.79 Å². The number of carboxylic acids is 1. The first-order valence-electron chi connectivity index (χ1n) is 7.85. The van der Waals surface area contributed by atoms with Crippen LogP contribution in [0.5, 0.6) is 0 Å². The summed E-state index contributed by atoms with van der Waals surface area (Å²) in [6.07, 6.45) is 11.4. The van der Waals surface area contributed by atoms with Gasteiger partial charge in [0.1, 0.15) is 0 Å². The topological polar surface area (TPSA) is 37.3 Å². The van der Waals surface area contributed by atoms with Crippen LogP contribution in [0, 0.1) is 17.8 Å². The lowest BCUT2D eigenvalue weighted by molar-refractivity contribution is -0.138. The number of allylic oxidation sites excluding steroid dienone is 4. The van der Waals surface area contributed by atoms with Crippen molar-refractivity contribution in [2.75, 3.05) is 0 Å². The van der Waals surface area contributed by atoms with E-state index in [0.29, 0.717) is 18.3 Å². The van der Waals surface area contributed by atoms with Gasteiger partial charge in [-0.25, -0.2) is 0 Å². The third kappa shape index (κ3) is 10.8. The first-order chi connectivity index (χ1) is 9.35. The zero-order valence-corrected chi connectivity index (χ0v) is 13.9. The maximum Gasteiger partial charge on any atom is 0.303 e. The summed E-state index contributed by atoms with van der Waals surface area (Å²) in [5.41, 5.74) is 1.44. The fraction of sp³-hybridized carbons (Fsp3) is 0.722. The fourth-order valence-electron chi connectivity index (χ4n) is 2.32. The molecular weight excluding hydrogens is 248 g/mol. The summed E-state index contributed by atoms with van der Waals surface area (Å²) in [5, 5.41) is 8.73. The van der Waals surface area contributed by atoms with E-state index in [9.17, 15) is 4.79 Å². The molecule has 2 heteroatoms. The predicted molar refractivity (Wildman–Crippen MR) is 86.8 cm³/mol. The summed E-state index contributed by atoms with van der Waals surface area (Å²) in [6, 6.07) is 0. The Morgan fingerprint density at radius 1 is 1.10 bits per heavy atom. The van der Waals surface area contributed by atoms with E-state index in [2.05, 4.69) is 45.9 Å². The summed E-state index contributed by atoms with van der Waals surface area (Å²) in [4.78, 5) is 10.6. The minimum atomic E-state index is -0.682. The molecule has 0 saturated carbocycles. The van der Waals surface area contributed by atoms with E-state index in [1.54, 1.807) is 0 Å². The van der Waals surface area contributed by atoms with Crippen LogP contribution in [-0.4, -0.2) is 11.1 Å². The van der Waals surface area contributed by atoms with E-state index in [0.717, 1.165) is 25.7 Å². The molecule has 0 saturated heterocycles. The Labute approximate surface area is 125 Å². The first kappa shape index (κ1) is 18.9. The second-order valence-corrected chi connectivity index (χ2v) is 6.37. The fourth-order valence-corrected chi connectivity index (χ4v) is 2.32. The lowest BCUT2D eigenvalue weighted by atomic mass is 9.93. The van der Waals surface area contributed by atoms with Gasteiger partial charge < -0.3 is 5.11 Å². The molecule has 0 heterocycles. The molecule has 0 amide bonds. The van der Waals surface area contributed by atoms with Crippen LogP contribution in [0.25, 0.3) is 0 Å². The average molecular weight is 280 g/mol. The van der Waals surface area contributed by atoms with Gasteiger partial charge in [-0.1, -0.05) is 51.0 Å². The van der Waals surface area contributed by atoms with E-state index >= 15 is 0 Å². The molecule has 0 bridgehead atoms. The van der Waals surface area contributed by atoms with Crippen molar-refractivity contribution in [1.29, 1.82) is 0 Å². The molecule has 20 heavy (non-hydrogen) atoms. The van der Waals surface area contributed by atoms with Gasteiger partial charge >= 0.3 is 5.97 Å². The molecule has 1 N–H and O–H groups in total. The van der Waals surface area contributed by atoms with Crippen LogP contribution in [0.4, 0.5) is 0 Å². The molecule has 0 aromatic heterocycles. The van der Waals surface area contributed by atoms with Crippen LogP contribution in [0.3, 0.4) is 0 Å². The van der Waals surface area contributed by atoms with Crippen molar-refractivity contribution < 1.29 is 9.90 Å². The quantitative estimate of drug-likeness (QED) is 0.540. The monoisotopic (exact) mass is 280 g/mol. The lowest BCUT2D eigenvalue weighted by Crippen LogP contribution is -2.06. The predicted octanol–water partition coefficient (Wildman–Crippen LogP) is 5.45. The minimum Gasteiger partial charge on any atom is -0.481 e. The summed E-state index contributed by atoms with van der Waals surface area (Å²) >= 11 is 0. The van der Waals surface area contributed by atoms with Gasteiger partial charge in [-0.05, 0) is 50.9 Å². The van der Waals surface area contributed by atoms with Crippen molar-refractivity contribution in [3.05, 3.63) is 23.8 Å². The van der Waals surface area contributed by atoms with Crippen molar-refractivity contribution in [3.8, 4) is 0 Å². The van der Waals surface area contributed by atoms with Gasteiger partial charge in [0.15, 0.2) is 0 Å². The second-order valence-electron chi connectivity index (χ2n) is 6.37. The van der Waals surface area contributed by atoms with Crippen LogP contribution in [-0.2, 0) is 4.79 Å². The Kier molecular flexibility index (Phi) is 10.1. The highest BCUT2D eigenvalue weighted by Gasteiger charge is 2.09. The molecule has 2 nitrogen and oxygen atoms in total. The number of hydrogen-bond donors (Lipinski definition) is 1. The lowest BCUT2D eigenvalue weighted by Gasteiger charge is -2.13. The molecule has 3 atom stereocenters. The molecule has 0 aliphatic rings. The zero-order valence-electron chi connectivity index (χ0n) is 13.9. The molecule has 0 fully saturated rings. The molecule has 116 valence electrons. The van der Waals surface area contributed by atoms with Gasteiger partial charge in [0.05, 0.1) is 0 Å². The molecule has 0 aliphatic heterocycles. The van der Waals surface area contributed by atoms with E-state index in [1.807, 2.05) is 6.92 Å². The minimum absolute atomic E-state index is 0.287. The van der Waals surface area contributed by atoms with Crippen LogP contribution < -0.4 is 0 Å². The molecular formula is C18H32O2.